The van der Waals surface area contributed by atoms with E-state index in [0.29, 0.717) is 6.04 Å². The zero-order chi connectivity index (χ0) is 9.80. The first-order valence-electron chi connectivity index (χ1n) is 5.17. The van der Waals surface area contributed by atoms with E-state index in [9.17, 15) is 0 Å². The number of likely N-dealkylation sites (tertiary alicyclic amines) is 1. The molecule has 16 heavy (non-hydrogen) atoms. The van der Waals surface area contributed by atoms with Crippen LogP contribution in [0.25, 0.3) is 0 Å². The van der Waals surface area contributed by atoms with Crippen molar-refractivity contribution in [1.29, 1.82) is 0 Å². The Morgan fingerprint density at radius 3 is 2.56 bits per heavy atom. The number of piperidine rings is 1. The summed E-state index contributed by atoms with van der Waals surface area (Å²) >= 11 is 0. The average Bonchev–Trinajstić information content (AvgIpc) is 2.23. The van der Waals surface area contributed by atoms with Gasteiger partial charge in [0.25, 0.3) is 0 Å². The number of nitrogens with zero attached hydrogens (tertiary/aromatic N) is 1. The van der Waals surface area contributed by atoms with Crippen LogP contribution in [0.5, 0.6) is 0 Å². The average molecular weight is 394 g/mol. The second-order valence-corrected chi connectivity index (χ2v) is 3.92. The Kier molecular flexibility index (Phi) is 8.46. The van der Waals surface area contributed by atoms with E-state index in [-0.39, 0.29) is 39.0 Å². The molecule has 0 saturated carbocycles. The number of anilines is 1. The largest absolute Gasteiger partial charge is 0.426 e. The van der Waals surface area contributed by atoms with Gasteiger partial charge in [0, 0.05) is 45.0 Å². The minimum atomic E-state index is 0. The maximum absolute atomic E-state index is 3.50. The second kappa shape index (κ2) is 8.34. The van der Waals surface area contributed by atoms with E-state index < -0.39 is 0 Å². The maximum atomic E-state index is 3.50. The van der Waals surface area contributed by atoms with Crippen LogP contribution in [0.3, 0.4) is 0 Å². The molecule has 0 aromatic heterocycles. The molecule has 1 aliphatic rings. The van der Waals surface area contributed by atoms with Crippen molar-refractivity contribution in [3.05, 3.63) is 30.3 Å². The van der Waals surface area contributed by atoms with Crippen LogP contribution < -0.4 is 5.32 Å². The summed E-state index contributed by atoms with van der Waals surface area (Å²) < 4.78 is 0. The third-order valence-corrected chi connectivity index (χ3v) is 2.74. The van der Waals surface area contributed by atoms with Crippen molar-refractivity contribution in [1.82, 2.24) is 4.90 Å². The van der Waals surface area contributed by atoms with Gasteiger partial charge in [0.05, 0.1) is 0 Å². The Hall–Kier alpha value is 0.227. The van der Waals surface area contributed by atoms with Crippen LogP contribution in [0, 0.1) is 12.1 Å². The van der Waals surface area contributed by atoms with E-state index in [0.717, 1.165) is 5.69 Å². The Balaban J connectivity index is 0.00000112. The fourth-order valence-corrected chi connectivity index (χ4v) is 1.81. The van der Waals surface area contributed by atoms with Gasteiger partial charge >= 0.3 is 0 Å². The standard InChI is InChI=1S/C12H16N2.2Rh/c1-14-9-7-12(8-10-14)13-11-5-3-2-4-6-11;;/h3-5,12-13H,7-10H2,1H3;;/q-2;;. The van der Waals surface area contributed by atoms with E-state index in [2.05, 4.69) is 29.4 Å². The molecule has 4 heteroatoms. The Morgan fingerprint density at radius 2 is 2.00 bits per heavy atom. The SMILES string of the molecule is CN1CCC(Nc2[c-]c[c-]cc2)CC1.[Rh].[Rh]. The first-order valence-corrected chi connectivity index (χ1v) is 5.17. The minimum Gasteiger partial charge on any atom is -0.426 e. The van der Waals surface area contributed by atoms with Crippen LogP contribution in [0.1, 0.15) is 12.8 Å². The summed E-state index contributed by atoms with van der Waals surface area (Å²) in [6.45, 7) is 2.38. The van der Waals surface area contributed by atoms with Gasteiger partial charge in [-0.05, 0) is 33.0 Å². The van der Waals surface area contributed by atoms with E-state index in [1.54, 1.807) is 0 Å². The molecule has 0 bridgehead atoms. The fourth-order valence-electron chi connectivity index (χ4n) is 1.81. The third kappa shape index (κ3) is 5.04. The Bertz CT molecular complexity index is 272. The molecule has 1 saturated heterocycles. The molecule has 1 fully saturated rings. The molecule has 2 rings (SSSR count). The summed E-state index contributed by atoms with van der Waals surface area (Å²) in [6, 6.07) is 12.5. The van der Waals surface area contributed by atoms with Crippen LogP contribution in [0.2, 0.25) is 0 Å². The van der Waals surface area contributed by atoms with E-state index in [1.807, 2.05) is 18.2 Å². The minimum absolute atomic E-state index is 0. The van der Waals surface area contributed by atoms with Crippen LogP contribution in [0.4, 0.5) is 5.69 Å². The predicted molar refractivity (Wildman–Crippen MR) is 58.3 cm³/mol. The molecule has 0 amide bonds. The van der Waals surface area contributed by atoms with Crippen LogP contribution in [-0.2, 0) is 39.0 Å². The molecule has 2 nitrogen and oxygen atoms in total. The van der Waals surface area contributed by atoms with E-state index in [4.69, 9.17) is 0 Å². The molecule has 2 radical (unpaired) electrons. The Labute approximate surface area is 124 Å². The molecule has 0 aliphatic carbocycles. The van der Waals surface area contributed by atoms with E-state index >= 15 is 0 Å². The molecule has 0 spiro atoms. The van der Waals surface area contributed by atoms with Crippen molar-refractivity contribution in [3.8, 4) is 0 Å². The van der Waals surface area contributed by atoms with E-state index in [1.165, 1.54) is 25.9 Å². The van der Waals surface area contributed by atoms with Gasteiger partial charge in [0.1, 0.15) is 0 Å². The van der Waals surface area contributed by atoms with Gasteiger partial charge in [0.2, 0.25) is 0 Å². The van der Waals surface area contributed by atoms with Crippen LogP contribution in [0.15, 0.2) is 18.2 Å². The first kappa shape index (κ1) is 16.2. The number of rotatable bonds is 2. The Morgan fingerprint density at radius 1 is 1.31 bits per heavy atom. The van der Waals surface area contributed by atoms with Gasteiger partial charge in [-0.3, -0.25) is 12.1 Å². The molecule has 0 unspecified atom stereocenters. The van der Waals surface area contributed by atoms with Crippen molar-refractivity contribution in [2.24, 2.45) is 0 Å². The summed E-state index contributed by atoms with van der Waals surface area (Å²) in [5.41, 5.74) is 1.10. The van der Waals surface area contributed by atoms with Gasteiger partial charge in [-0.2, -0.15) is 5.69 Å². The summed E-state index contributed by atoms with van der Waals surface area (Å²) in [4.78, 5) is 2.38. The normalized spacial score (nSPS) is 17.1. The molecule has 1 aromatic rings. The smallest absolute Gasteiger partial charge is 0.0243 e. The van der Waals surface area contributed by atoms with Gasteiger partial charge in [-0.15, -0.1) is 0 Å². The molecular formula is C12H16N2Rh2-2. The summed E-state index contributed by atoms with van der Waals surface area (Å²) in [5, 5.41) is 3.50. The zero-order valence-corrected chi connectivity index (χ0v) is 12.5. The van der Waals surface area contributed by atoms with Crippen LogP contribution >= 0.6 is 0 Å². The van der Waals surface area contributed by atoms with Crippen molar-refractivity contribution >= 4 is 5.69 Å². The summed E-state index contributed by atoms with van der Waals surface area (Å²) in [5.74, 6) is 0. The second-order valence-electron chi connectivity index (χ2n) is 3.92. The third-order valence-electron chi connectivity index (χ3n) is 2.74. The predicted octanol–water partition coefficient (Wildman–Crippen LogP) is 1.79. The molecular weight excluding hydrogens is 378 g/mol. The molecule has 1 heterocycles. The number of hydrogen-bond donors (Lipinski definition) is 1. The number of nitrogens with one attached hydrogen (secondary N) is 1. The zero-order valence-electron chi connectivity index (χ0n) is 9.25. The monoisotopic (exact) mass is 394 g/mol. The van der Waals surface area contributed by atoms with Crippen molar-refractivity contribution in [2.75, 3.05) is 25.5 Å². The maximum Gasteiger partial charge on any atom is 0.0243 e. The van der Waals surface area contributed by atoms with Crippen LogP contribution in [-0.4, -0.2) is 31.1 Å². The van der Waals surface area contributed by atoms with Crippen molar-refractivity contribution < 1.29 is 39.0 Å². The topological polar surface area (TPSA) is 15.3 Å². The van der Waals surface area contributed by atoms with Crippen molar-refractivity contribution in [3.63, 3.8) is 0 Å². The first-order chi connectivity index (χ1) is 6.84. The molecule has 1 N–H and O–H groups in total. The summed E-state index contributed by atoms with van der Waals surface area (Å²) in [7, 11) is 2.18. The van der Waals surface area contributed by atoms with Gasteiger partial charge < -0.3 is 28.4 Å². The molecule has 1 aliphatic heterocycles. The molecule has 0 atom stereocenters. The van der Waals surface area contributed by atoms with Gasteiger partial charge in [0.15, 0.2) is 0 Å². The summed E-state index contributed by atoms with van der Waals surface area (Å²) in [6.07, 6.45) is 2.45. The van der Waals surface area contributed by atoms with Gasteiger partial charge in [-0.1, -0.05) is 0 Å². The molecule has 94 valence electrons. The number of benzene rings is 1. The molecule has 1 aromatic carbocycles. The quantitative estimate of drug-likeness (QED) is 0.608. The number of hydrogen-bond acceptors (Lipinski definition) is 2. The fraction of sp³-hybridized carbons (Fsp3) is 0.500. The van der Waals surface area contributed by atoms with Crippen molar-refractivity contribution in [2.45, 2.75) is 18.9 Å². The van der Waals surface area contributed by atoms with Gasteiger partial charge in [-0.25, -0.2) is 0 Å².